The molecule has 3 aromatic carbocycles. The fourth-order valence-corrected chi connectivity index (χ4v) is 5.22. The van der Waals surface area contributed by atoms with Crippen LogP contribution in [-0.4, -0.2) is 52.0 Å². The second-order valence-electron chi connectivity index (χ2n) is 9.96. The molecule has 6 aromatic rings. The van der Waals surface area contributed by atoms with Gasteiger partial charge in [-0.25, -0.2) is 4.68 Å². The van der Waals surface area contributed by atoms with Crippen molar-refractivity contribution < 1.29 is 13.6 Å². The van der Waals surface area contributed by atoms with E-state index in [4.69, 9.17) is 14.6 Å². The van der Waals surface area contributed by atoms with Gasteiger partial charge in [0.2, 0.25) is 5.43 Å². The summed E-state index contributed by atoms with van der Waals surface area (Å²) >= 11 is 0. The SMILES string of the molecule is NCc1cn(-c2ccc3c(=O)c4ccc(N5CCN(C(=O)c6ccc(-c7ccccc7)o6)CC5)cc4oc3c2)nn1. The predicted molar refractivity (Wildman–Crippen MR) is 155 cm³/mol. The maximum absolute atomic E-state index is 13.2. The lowest BCUT2D eigenvalue weighted by Gasteiger charge is -2.35. The number of rotatable bonds is 5. The summed E-state index contributed by atoms with van der Waals surface area (Å²) < 4.78 is 13.7. The Morgan fingerprint density at radius 3 is 2.24 bits per heavy atom. The molecule has 10 nitrogen and oxygen atoms in total. The molecule has 3 aromatic heterocycles. The number of nitrogens with two attached hydrogens (primary N) is 1. The number of furan rings is 1. The molecule has 0 aliphatic carbocycles. The summed E-state index contributed by atoms with van der Waals surface area (Å²) in [5.41, 5.74) is 9.77. The summed E-state index contributed by atoms with van der Waals surface area (Å²) in [7, 11) is 0. The first-order valence-corrected chi connectivity index (χ1v) is 13.4. The molecule has 0 unspecified atom stereocenters. The van der Waals surface area contributed by atoms with E-state index in [2.05, 4.69) is 15.2 Å². The average Bonchev–Trinajstić information content (AvgIpc) is 3.72. The van der Waals surface area contributed by atoms with Crippen molar-refractivity contribution in [3.8, 4) is 17.0 Å². The zero-order valence-corrected chi connectivity index (χ0v) is 22.1. The Labute approximate surface area is 234 Å². The minimum Gasteiger partial charge on any atom is -0.456 e. The van der Waals surface area contributed by atoms with E-state index in [0.717, 1.165) is 16.9 Å². The number of hydrogen-bond acceptors (Lipinski definition) is 8. The van der Waals surface area contributed by atoms with Crippen LogP contribution in [0.3, 0.4) is 0 Å². The van der Waals surface area contributed by atoms with Crippen molar-refractivity contribution >= 4 is 33.5 Å². The molecule has 204 valence electrons. The molecule has 0 atom stereocenters. The number of benzene rings is 3. The van der Waals surface area contributed by atoms with Gasteiger partial charge in [-0.15, -0.1) is 5.10 Å². The maximum atomic E-state index is 13.2. The van der Waals surface area contributed by atoms with Crippen LogP contribution in [0.5, 0.6) is 0 Å². The zero-order valence-electron chi connectivity index (χ0n) is 22.1. The summed E-state index contributed by atoms with van der Waals surface area (Å²) in [6, 6.07) is 24.2. The van der Waals surface area contributed by atoms with Gasteiger partial charge in [-0.1, -0.05) is 35.5 Å². The van der Waals surface area contributed by atoms with Gasteiger partial charge in [-0.2, -0.15) is 0 Å². The Hall–Kier alpha value is -5.22. The van der Waals surface area contributed by atoms with Crippen LogP contribution in [0, 0.1) is 0 Å². The number of anilines is 1. The van der Waals surface area contributed by atoms with Gasteiger partial charge in [-0.3, -0.25) is 9.59 Å². The summed E-state index contributed by atoms with van der Waals surface area (Å²) in [6.45, 7) is 2.66. The van der Waals surface area contributed by atoms with E-state index in [1.807, 2.05) is 48.5 Å². The number of nitrogens with zero attached hydrogens (tertiary/aromatic N) is 5. The molecule has 1 aliphatic rings. The van der Waals surface area contributed by atoms with Crippen LogP contribution in [0.25, 0.3) is 38.9 Å². The van der Waals surface area contributed by atoms with Gasteiger partial charge in [0.05, 0.1) is 28.4 Å². The average molecular weight is 547 g/mol. The lowest BCUT2D eigenvalue weighted by molar-refractivity contribution is 0.0715. The van der Waals surface area contributed by atoms with E-state index in [0.29, 0.717) is 65.3 Å². The monoisotopic (exact) mass is 546 g/mol. The molecule has 0 radical (unpaired) electrons. The Morgan fingerprint density at radius 2 is 1.54 bits per heavy atom. The van der Waals surface area contributed by atoms with E-state index in [1.165, 1.54) is 0 Å². The van der Waals surface area contributed by atoms with Crippen LogP contribution >= 0.6 is 0 Å². The van der Waals surface area contributed by atoms with E-state index in [-0.39, 0.29) is 17.9 Å². The smallest absolute Gasteiger partial charge is 0.289 e. The summed E-state index contributed by atoms with van der Waals surface area (Å²) in [5.74, 6) is 0.886. The van der Waals surface area contributed by atoms with Crippen molar-refractivity contribution in [3.05, 3.63) is 107 Å². The first-order valence-electron chi connectivity index (χ1n) is 13.4. The zero-order chi connectivity index (χ0) is 27.9. The van der Waals surface area contributed by atoms with Crippen molar-refractivity contribution in [2.75, 3.05) is 31.1 Å². The minimum absolute atomic E-state index is 0.0932. The third kappa shape index (κ3) is 4.53. The molecule has 1 amide bonds. The highest BCUT2D eigenvalue weighted by Gasteiger charge is 2.25. The molecule has 2 N–H and O–H groups in total. The molecule has 41 heavy (non-hydrogen) atoms. The maximum Gasteiger partial charge on any atom is 0.289 e. The number of amides is 1. The Kier molecular flexibility index (Phi) is 6.09. The molecule has 4 heterocycles. The number of fused-ring (bicyclic) bond motifs is 2. The number of carbonyl (C=O) groups excluding carboxylic acids is 1. The second-order valence-corrected chi connectivity index (χ2v) is 9.96. The van der Waals surface area contributed by atoms with E-state index in [1.54, 1.807) is 46.1 Å². The van der Waals surface area contributed by atoms with Gasteiger partial charge in [0.1, 0.15) is 16.9 Å². The normalized spacial score (nSPS) is 13.8. The summed E-state index contributed by atoms with van der Waals surface area (Å²) in [4.78, 5) is 30.4. The molecule has 1 aliphatic heterocycles. The quantitative estimate of drug-likeness (QED) is 0.319. The third-order valence-electron chi connectivity index (χ3n) is 7.46. The van der Waals surface area contributed by atoms with Crippen LogP contribution < -0.4 is 16.1 Å². The van der Waals surface area contributed by atoms with Crippen molar-refractivity contribution in [3.63, 3.8) is 0 Å². The number of aromatic nitrogens is 3. The molecule has 7 rings (SSSR count). The summed E-state index contributed by atoms with van der Waals surface area (Å²) in [6.07, 6.45) is 1.75. The highest BCUT2D eigenvalue weighted by atomic mass is 16.4. The van der Waals surface area contributed by atoms with Crippen molar-refractivity contribution in [2.24, 2.45) is 5.73 Å². The second kappa shape index (κ2) is 10.1. The number of piperazine rings is 1. The molecule has 1 fully saturated rings. The summed E-state index contributed by atoms with van der Waals surface area (Å²) in [5, 5.41) is 9.14. The van der Waals surface area contributed by atoms with Gasteiger partial charge < -0.3 is 24.4 Å². The van der Waals surface area contributed by atoms with E-state index >= 15 is 0 Å². The Morgan fingerprint density at radius 1 is 0.829 bits per heavy atom. The largest absolute Gasteiger partial charge is 0.456 e. The fourth-order valence-electron chi connectivity index (χ4n) is 5.22. The van der Waals surface area contributed by atoms with E-state index in [9.17, 15) is 9.59 Å². The molecule has 1 saturated heterocycles. The fraction of sp³-hybridized carbons (Fsp3) is 0.161. The van der Waals surface area contributed by atoms with Gasteiger partial charge in [0, 0.05) is 56.1 Å². The first-order chi connectivity index (χ1) is 20.1. The van der Waals surface area contributed by atoms with Crippen LogP contribution in [-0.2, 0) is 6.54 Å². The van der Waals surface area contributed by atoms with Gasteiger partial charge in [-0.05, 0) is 36.4 Å². The first kappa shape index (κ1) is 24.8. The van der Waals surface area contributed by atoms with Crippen molar-refractivity contribution in [1.82, 2.24) is 19.9 Å². The molecular formula is C31H26N6O4. The number of hydrogen-bond donors (Lipinski definition) is 1. The highest BCUT2D eigenvalue weighted by molar-refractivity contribution is 5.93. The lowest BCUT2D eigenvalue weighted by atomic mass is 10.1. The highest BCUT2D eigenvalue weighted by Crippen LogP contribution is 2.27. The predicted octanol–water partition coefficient (Wildman–Crippen LogP) is 4.21. The standard InChI is InChI=1S/C31H26N6O4/c32-18-21-19-37(34-33-21)23-7-9-25-29(17-23)41-28-16-22(6-8-24(28)30(25)38)35-12-14-36(15-13-35)31(39)27-11-10-26(40-27)20-4-2-1-3-5-20/h1-11,16-17,19H,12-15,18,32H2. The van der Waals surface area contributed by atoms with Crippen LogP contribution in [0.15, 0.2) is 98.7 Å². The Bertz CT molecular complexity index is 1950. The third-order valence-corrected chi connectivity index (χ3v) is 7.46. The molecular weight excluding hydrogens is 520 g/mol. The van der Waals surface area contributed by atoms with Gasteiger partial charge >= 0.3 is 0 Å². The van der Waals surface area contributed by atoms with Crippen LogP contribution in [0.4, 0.5) is 5.69 Å². The molecule has 0 bridgehead atoms. The molecule has 10 heteroatoms. The van der Waals surface area contributed by atoms with Crippen molar-refractivity contribution in [2.45, 2.75) is 6.54 Å². The lowest BCUT2D eigenvalue weighted by Crippen LogP contribution is -2.48. The van der Waals surface area contributed by atoms with Crippen molar-refractivity contribution in [1.29, 1.82) is 0 Å². The van der Waals surface area contributed by atoms with Gasteiger partial charge in [0.25, 0.3) is 5.91 Å². The van der Waals surface area contributed by atoms with Gasteiger partial charge in [0.15, 0.2) is 5.76 Å². The minimum atomic E-state index is -0.121. The topological polar surface area (TPSA) is 124 Å². The molecule has 0 saturated carbocycles. The number of carbonyl (C=O) groups is 1. The van der Waals surface area contributed by atoms with E-state index < -0.39 is 0 Å². The Balaban J connectivity index is 1.10. The van der Waals surface area contributed by atoms with Crippen LogP contribution in [0.2, 0.25) is 0 Å². The molecule has 0 spiro atoms. The van der Waals surface area contributed by atoms with Crippen LogP contribution in [0.1, 0.15) is 16.2 Å².